The Labute approximate surface area is 123 Å². The van der Waals surface area contributed by atoms with E-state index in [2.05, 4.69) is 5.32 Å². The Bertz CT molecular complexity index is 628. The zero-order chi connectivity index (χ0) is 15.2. The molecule has 0 aliphatic carbocycles. The fraction of sp³-hybridized carbons (Fsp3) is 0.235. The van der Waals surface area contributed by atoms with Gasteiger partial charge >= 0.3 is 0 Å². The first-order chi connectivity index (χ1) is 10.1. The van der Waals surface area contributed by atoms with Crippen molar-refractivity contribution in [1.82, 2.24) is 5.32 Å². The van der Waals surface area contributed by atoms with Crippen LogP contribution >= 0.6 is 0 Å². The summed E-state index contributed by atoms with van der Waals surface area (Å²) in [5, 5.41) is 2.74. The molecule has 1 amide bonds. The van der Waals surface area contributed by atoms with Gasteiger partial charge in [-0.15, -0.1) is 0 Å². The molecule has 0 fully saturated rings. The van der Waals surface area contributed by atoms with Crippen LogP contribution in [0, 0.1) is 12.7 Å². The van der Waals surface area contributed by atoms with Gasteiger partial charge in [-0.25, -0.2) is 4.39 Å². The minimum atomic E-state index is -0.611. The number of rotatable bonds is 5. The number of aryl methyl sites for hydroxylation is 1. The van der Waals surface area contributed by atoms with E-state index in [0.29, 0.717) is 11.3 Å². The van der Waals surface area contributed by atoms with Crippen LogP contribution in [-0.4, -0.2) is 12.0 Å². The Hall–Kier alpha value is -2.36. The van der Waals surface area contributed by atoms with Crippen molar-refractivity contribution in [2.24, 2.45) is 0 Å². The second kappa shape index (κ2) is 6.88. The molecule has 0 heterocycles. The average Bonchev–Trinajstić information content (AvgIpc) is 2.47. The van der Waals surface area contributed by atoms with Gasteiger partial charge in [0.15, 0.2) is 6.10 Å². The first-order valence-electron chi connectivity index (χ1n) is 6.80. The van der Waals surface area contributed by atoms with Gasteiger partial charge < -0.3 is 10.1 Å². The van der Waals surface area contributed by atoms with E-state index in [0.717, 1.165) is 5.56 Å². The van der Waals surface area contributed by atoms with E-state index >= 15 is 0 Å². The van der Waals surface area contributed by atoms with Crippen LogP contribution < -0.4 is 10.1 Å². The first-order valence-corrected chi connectivity index (χ1v) is 6.80. The zero-order valence-electron chi connectivity index (χ0n) is 12.1. The maximum absolute atomic E-state index is 13.0. The van der Waals surface area contributed by atoms with Gasteiger partial charge in [0, 0.05) is 6.54 Å². The molecule has 2 rings (SSSR count). The zero-order valence-corrected chi connectivity index (χ0v) is 12.1. The van der Waals surface area contributed by atoms with Crippen molar-refractivity contribution in [3.05, 3.63) is 65.5 Å². The third-order valence-corrected chi connectivity index (χ3v) is 3.12. The molecular formula is C17H18FNO2. The minimum Gasteiger partial charge on any atom is -0.481 e. The summed E-state index contributed by atoms with van der Waals surface area (Å²) >= 11 is 0. The lowest BCUT2D eigenvalue weighted by Gasteiger charge is -2.16. The predicted molar refractivity (Wildman–Crippen MR) is 79.5 cm³/mol. The second-order valence-electron chi connectivity index (χ2n) is 4.87. The number of hydrogen-bond acceptors (Lipinski definition) is 2. The molecule has 21 heavy (non-hydrogen) atoms. The van der Waals surface area contributed by atoms with Gasteiger partial charge in [-0.1, -0.05) is 30.3 Å². The number of ether oxygens (including phenoxy) is 1. The molecule has 0 saturated heterocycles. The predicted octanol–water partition coefficient (Wildman–Crippen LogP) is 3.22. The summed E-state index contributed by atoms with van der Waals surface area (Å²) in [5.74, 6) is 0.138. The molecule has 2 aromatic rings. The van der Waals surface area contributed by atoms with Gasteiger partial charge in [-0.05, 0) is 43.2 Å². The molecule has 4 heteroatoms. The van der Waals surface area contributed by atoms with Crippen LogP contribution in [0.3, 0.4) is 0 Å². The van der Waals surface area contributed by atoms with E-state index in [1.807, 2.05) is 31.2 Å². The summed E-state index contributed by atoms with van der Waals surface area (Å²) < 4.78 is 18.7. The van der Waals surface area contributed by atoms with Gasteiger partial charge in [0.25, 0.3) is 5.91 Å². The number of nitrogens with one attached hydrogen (secondary N) is 1. The lowest BCUT2D eigenvalue weighted by atomic mass is 10.2. The number of carbonyl (C=O) groups is 1. The summed E-state index contributed by atoms with van der Waals surface area (Å²) in [6.07, 6.45) is -0.611. The molecule has 110 valence electrons. The van der Waals surface area contributed by atoms with Crippen LogP contribution in [0.5, 0.6) is 5.75 Å². The van der Waals surface area contributed by atoms with Crippen molar-refractivity contribution in [2.75, 3.05) is 0 Å². The SMILES string of the molecule is Cc1ccccc1OC(C)C(=O)NCc1cccc(F)c1. The standard InChI is InChI=1S/C17H18FNO2/c1-12-6-3-4-9-16(12)21-13(2)17(20)19-11-14-7-5-8-15(18)10-14/h3-10,13H,11H2,1-2H3,(H,19,20). The number of halogens is 1. The molecule has 2 aromatic carbocycles. The van der Waals surface area contributed by atoms with Crippen LogP contribution in [0.4, 0.5) is 4.39 Å². The number of hydrogen-bond donors (Lipinski definition) is 1. The summed E-state index contributed by atoms with van der Waals surface area (Å²) in [7, 11) is 0. The van der Waals surface area contributed by atoms with Gasteiger partial charge in [0.2, 0.25) is 0 Å². The van der Waals surface area contributed by atoms with Crippen molar-refractivity contribution >= 4 is 5.91 Å². The van der Waals surface area contributed by atoms with Crippen molar-refractivity contribution in [1.29, 1.82) is 0 Å². The highest BCUT2D eigenvalue weighted by Gasteiger charge is 2.15. The normalized spacial score (nSPS) is 11.8. The van der Waals surface area contributed by atoms with Crippen LogP contribution in [0.2, 0.25) is 0 Å². The highest BCUT2D eigenvalue weighted by atomic mass is 19.1. The Morgan fingerprint density at radius 2 is 2.00 bits per heavy atom. The molecule has 1 atom stereocenters. The highest BCUT2D eigenvalue weighted by molar-refractivity contribution is 5.80. The maximum atomic E-state index is 13.0. The Morgan fingerprint density at radius 3 is 2.71 bits per heavy atom. The highest BCUT2D eigenvalue weighted by Crippen LogP contribution is 2.17. The fourth-order valence-corrected chi connectivity index (χ4v) is 1.91. The maximum Gasteiger partial charge on any atom is 0.261 e. The largest absolute Gasteiger partial charge is 0.481 e. The molecule has 1 unspecified atom stereocenters. The lowest BCUT2D eigenvalue weighted by molar-refractivity contribution is -0.127. The summed E-state index contributed by atoms with van der Waals surface area (Å²) in [4.78, 5) is 12.0. The molecule has 3 nitrogen and oxygen atoms in total. The minimum absolute atomic E-state index is 0.234. The van der Waals surface area contributed by atoms with Gasteiger partial charge in [-0.3, -0.25) is 4.79 Å². The van der Waals surface area contributed by atoms with E-state index < -0.39 is 6.10 Å². The molecule has 0 saturated carbocycles. The van der Waals surface area contributed by atoms with Crippen molar-refractivity contribution in [3.63, 3.8) is 0 Å². The Morgan fingerprint density at radius 1 is 1.24 bits per heavy atom. The van der Waals surface area contributed by atoms with Gasteiger partial charge in [0.1, 0.15) is 11.6 Å². The van der Waals surface area contributed by atoms with Crippen LogP contribution in [-0.2, 0) is 11.3 Å². The molecule has 0 aliphatic rings. The van der Waals surface area contributed by atoms with Crippen molar-refractivity contribution < 1.29 is 13.9 Å². The van der Waals surface area contributed by atoms with E-state index in [1.165, 1.54) is 12.1 Å². The molecule has 0 bridgehead atoms. The van der Waals surface area contributed by atoms with Crippen LogP contribution in [0.25, 0.3) is 0 Å². The number of amides is 1. The number of para-hydroxylation sites is 1. The second-order valence-corrected chi connectivity index (χ2v) is 4.87. The fourth-order valence-electron chi connectivity index (χ4n) is 1.91. The topological polar surface area (TPSA) is 38.3 Å². The van der Waals surface area contributed by atoms with Gasteiger partial charge in [-0.2, -0.15) is 0 Å². The van der Waals surface area contributed by atoms with Gasteiger partial charge in [0.05, 0.1) is 0 Å². The quantitative estimate of drug-likeness (QED) is 0.917. The third kappa shape index (κ3) is 4.31. The monoisotopic (exact) mass is 287 g/mol. The average molecular weight is 287 g/mol. The smallest absolute Gasteiger partial charge is 0.261 e. The summed E-state index contributed by atoms with van der Waals surface area (Å²) in [5.41, 5.74) is 1.69. The third-order valence-electron chi connectivity index (χ3n) is 3.12. The molecule has 1 N–H and O–H groups in total. The van der Waals surface area contributed by atoms with E-state index in [1.54, 1.807) is 19.1 Å². The van der Waals surface area contributed by atoms with Crippen LogP contribution in [0.15, 0.2) is 48.5 Å². The number of carbonyl (C=O) groups excluding carboxylic acids is 1. The molecule has 0 aliphatic heterocycles. The molecule has 0 spiro atoms. The van der Waals surface area contributed by atoms with E-state index in [9.17, 15) is 9.18 Å². The van der Waals surface area contributed by atoms with Crippen LogP contribution in [0.1, 0.15) is 18.1 Å². The first kappa shape index (κ1) is 15.0. The molecular weight excluding hydrogens is 269 g/mol. The molecule has 0 radical (unpaired) electrons. The van der Waals surface area contributed by atoms with E-state index in [4.69, 9.17) is 4.74 Å². The van der Waals surface area contributed by atoms with Crippen molar-refractivity contribution in [2.45, 2.75) is 26.5 Å². The Kier molecular flexibility index (Phi) is 4.93. The summed E-state index contributed by atoms with van der Waals surface area (Å²) in [6.45, 7) is 3.89. The van der Waals surface area contributed by atoms with E-state index in [-0.39, 0.29) is 18.3 Å². The lowest BCUT2D eigenvalue weighted by Crippen LogP contribution is -2.36. The molecule has 0 aromatic heterocycles. The summed E-state index contributed by atoms with van der Waals surface area (Å²) in [6, 6.07) is 13.7. The Balaban J connectivity index is 1.90. The number of benzene rings is 2. The van der Waals surface area contributed by atoms with Crippen molar-refractivity contribution in [3.8, 4) is 5.75 Å².